The number of imidazole rings is 1. The van der Waals surface area contributed by atoms with E-state index in [2.05, 4.69) is 21.8 Å². The van der Waals surface area contributed by atoms with Crippen LogP contribution in [0.25, 0.3) is 4.96 Å². The Hall–Kier alpha value is -1.40. The second-order valence-corrected chi connectivity index (χ2v) is 7.36. The predicted octanol–water partition coefficient (Wildman–Crippen LogP) is 2.02. The highest BCUT2D eigenvalue weighted by molar-refractivity contribution is 7.15. The monoisotopic (exact) mass is 318 g/mol. The van der Waals surface area contributed by atoms with E-state index in [-0.39, 0.29) is 5.91 Å². The zero-order valence-electron chi connectivity index (χ0n) is 12.9. The third kappa shape index (κ3) is 2.44. The summed E-state index contributed by atoms with van der Waals surface area (Å²) < 4.78 is 2.00. The molecule has 0 radical (unpaired) electrons. The lowest BCUT2D eigenvalue weighted by atomic mass is 10.0. The molecule has 0 aliphatic carbocycles. The molecule has 4 heterocycles. The van der Waals surface area contributed by atoms with E-state index in [0.717, 1.165) is 30.0 Å². The van der Waals surface area contributed by atoms with Crippen LogP contribution in [-0.2, 0) is 11.2 Å². The molecule has 0 saturated carbocycles. The molecule has 6 heteroatoms. The highest BCUT2D eigenvalue weighted by Gasteiger charge is 2.38. The average Bonchev–Trinajstić information content (AvgIpc) is 3.19. The smallest absolute Gasteiger partial charge is 0.228 e. The van der Waals surface area contributed by atoms with Crippen LogP contribution in [-0.4, -0.2) is 57.3 Å². The molecule has 1 amide bonds. The number of fused-ring (bicyclic) bond motifs is 1. The van der Waals surface area contributed by atoms with Gasteiger partial charge >= 0.3 is 0 Å². The van der Waals surface area contributed by atoms with Crippen molar-refractivity contribution in [3.05, 3.63) is 23.5 Å². The summed E-state index contributed by atoms with van der Waals surface area (Å²) in [7, 11) is 2.20. The Labute approximate surface area is 134 Å². The molecule has 0 N–H and O–H groups in total. The van der Waals surface area contributed by atoms with Crippen molar-refractivity contribution in [2.45, 2.75) is 44.2 Å². The van der Waals surface area contributed by atoms with E-state index in [9.17, 15) is 4.79 Å². The Morgan fingerprint density at radius 2 is 2.14 bits per heavy atom. The van der Waals surface area contributed by atoms with Crippen molar-refractivity contribution in [1.82, 2.24) is 19.2 Å². The summed E-state index contributed by atoms with van der Waals surface area (Å²) in [6.07, 6.45) is 9.19. The molecule has 2 aromatic rings. The van der Waals surface area contributed by atoms with Crippen LogP contribution in [0.4, 0.5) is 0 Å². The summed E-state index contributed by atoms with van der Waals surface area (Å²) in [6, 6.07) is 0.959. The van der Waals surface area contributed by atoms with Crippen LogP contribution < -0.4 is 0 Å². The Morgan fingerprint density at radius 1 is 1.32 bits per heavy atom. The van der Waals surface area contributed by atoms with Gasteiger partial charge in [-0.25, -0.2) is 4.98 Å². The number of carbonyl (C=O) groups is 1. The normalized spacial score (nSPS) is 26.3. The van der Waals surface area contributed by atoms with E-state index in [1.165, 1.54) is 19.4 Å². The van der Waals surface area contributed by atoms with Crippen LogP contribution in [0.15, 0.2) is 17.8 Å². The van der Waals surface area contributed by atoms with E-state index in [4.69, 9.17) is 0 Å². The van der Waals surface area contributed by atoms with Crippen molar-refractivity contribution in [3.8, 4) is 0 Å². The molecule has 2 aliphatic rings. The predicted molar refractivity (Wildman–Crippen MR) is 87.2 cm³/mol. The molecule has 4 rings (SSSR count). The lowest BCUT2D eigenvalue weighted by Gasteiger charge is -2.33. The molecule has 0 unspecified atom stereocenters. The van der Waals surface area contributed by atoms with Crippen LogP contribution in [0.1, 0.15) is 31.4 Å². The number of rotatable bonds is 3. The van der Waals surface area contributed by atoms with Gasteiger partial charge < -0.3 is 9.80 Å². The molecule has 22 heavy (non-hydrogen) atoms. The summed E-state index contributed by atoms with van der Waals surface area (Å²) in [5.74, 6) is 0.244. The van der Waals surface area contributed by atoms with Gasteiger partial charge in [-0.05, 0) is 39.3 Å². The summed E-state index contributed by atoms with van der Waals surface area (Å²) >= 11 is 1.61. The van der Waals surface area contributed by atoms with E-state index >= 15 is 0 Å². The fraction of sp³-hybridized carbons (Fsp3) is 0.625. The van der Waals surface area contributed by atoms with Gasteiger partial charge in [0.05, 0.1) is 12.1 Å². The highest BCUT2D eigenvalue weighted by atomic mass is 32.1. The minimum Gasteiger partial charge on any atom is -0.338 e. The van der Waals surface area contributed by atoms with E-state index < -0.39 is 0 Å². The number of hydrogen-bond acceptors (Lipinski definition) is 4. The zero-order valence-corrected chi connectivity index (χ0v) is 13.8. The van der Waals surface area contributed by atoms with Gasteiger partial charge in [0, 0.05) is 36.4 Å². The fourth-order valence-corrected chi connectivity index (χ4v) is 4.76. The minimum atomic E-state index is 0.244. The maximum absolute atomic E-state index is 12.7. The number of likely N-dealkylation sites (tertiary alicyclic amines) is 2. The van der Waals surface area contributed by atoms with Crippen molar-refractivity contribution in [2.75, 3.05) is 20.1 Å². The van der Waals surface area contributed by atoms with E-state index in [0.29, 0.717) is 18.5 Å². The molecular weight excluding hydrogens is 296 g/mol. The van der Waals surface area contributed by atoms with Crippen molar-refractivity contribution < 1.29 is 4.79 Å². The van der Waals surface area contributed by atoms with Crippen LogP contribution in [0.5, 0.6) is 0 Å². The first-order valence-electron chi connectivity index (χ1n) is 8.13. The second-order valence-electron chi connectivity index (χ2n) is 6.49. The molecule has 2 atom stereocenters. The topological polar surface area (TPSA) is 40.9 Å². The van der Waals surface area contributed by atoms with Crippen molar-refractivity contribution in [2.24, 2.45) is 0 Å². The molecule has 2 aromatic heterocycles. The number of amides is 1. The number of thiazole rings is 1. The van der Waals surface area contributed by atoms with Gasteiger partial charge in [0.2, 0.25) is 5.91 Å². The van der Waals surface area contributed by atoms with Gasteiger partial charge in [-0.1, -0.05) is 0 Å². The zero-order chi connectivity index (χ0) is 15.1. The lowest BCUT2D eigenvalue weighted by Crippen LogP contribution is -2.47. The SMILES string of the molecule is CN1CCC[C@@H]1[C@H]1CCCN1C(=O)Cc1cn2ccsc2n1. The van der Waals surface area contributed by atoms with Gasteiger partial charge in [0.1, 0.15) is 0 Å². The summed E-state index contributed by atoms with van der Waals surface area (Å²) in [4.78, 5) is 22.8. The molecule has 0 spiro atoms. The van der Waals surface area contributed by atoms with Gasteiger partial charge in [-0.3, -0.25) is 9.20 Å². The van der Waals surface area contributed by atoms with Crippen molar-refractivity contribution in [3.63, 3.8) is 0 Å². The molecule has 5 nitrogen and oxygen atoms in total. The van der Waals surface area contributed by atoms with Crippen LogP contribution >= 0.6 is 11.3 Å². The van der Waals surface area contributed by atoms with Crippen LogP contribution in [0.2, 0.25) is 0 Å². The van der Waals surface area contributed by atoms with Crippen molar-refractivity contribution >= 4 is 22.2 Å². The molecule has 2 fully saturated rings. The Balaban J connectivity index is 1.47. The van der Waals surface area contributed by atoms with Crippen LogP contribution in [0.3, 0.4) is 0 Å². The van der Waals surface area contributed by atoms with Gasteiger partial charge in [0.15, 0.2) is 4.96 Å². The average molecular weight is 318 g/mol. The lowest BCUT2D eigenvalue weighted by molar-refractivity contribution is -0.132. The highest BCUT2D eigenvalue weighted by Crippen LogP contribution is 2.29. The van der Waals surface area contributed by atoms with Gasteiger partial charge in [-0.15, -0.1) is 11.3 Å². The van der Waals surface area contributed by atoms with Crippen LogP contribution in [0, 0.1) is 0 Å². The third-order valence-corrected chi connectivity index (χ3v) is 5.89. The van der Waals surface area contributed by atoms with Crippen molar-refractivity contribution in [1.29, 1.82) is 0 Å². The fourth-order valence-electron chi connectivity index (χ4n) is 4.04. The molecular formula is C16H22N4OS. The number of nitrogens with zero attached hydrogens (tertiary/aromatic N) is 4. The summed E-state index contributed by atoms with van der Waals surface area (Å²) in [6.45, 7) is 2.08. The largest absolute Gasteiger partial charge is 0.338 e. The molecule has 0 aromatic carbocycles. The third-order valence-electron chi connectivity index (χ3n) is 5.12. The number of hydrogen-bond donors (Lipinski definition) is 0. The molecule has 2 aliphatic heterocycles. The maximum Gasteiger partial charge on any atom is 0.228 e. The molecule has 2 saturated heterocycles. The van der Waals surface area contributed by atoms with E-state index in [1.807, 2.05) is 22.2 Å². The maximum atomic E-state index is 12.7. The summed E-state index contributed by atoms with van der Waals surface area (Å²) in [5, 5.41) is 2.01. The Bertz CT molecular complexity index is 650. The first-order chi connectivity index (χ1) is 10.7. The minimum absolute atomic E-state index is 0.244. The quantitative estimate of drug-likeness (QED) is 0.869. The Kier molecular flexibility index (Phi) is 3.66. The molecule has 0 bridgehead atoms. The van der Waals surface area contributed by atoms with Gasteiger partial charge in [-0.2, -0.15) is 0 Å². The number of carbonyl (C=O) groups excluding carboxylic acids is 1. The first-order valence-corrected chi connectivity index (χ1v) is 9.01. The first kappa shape index (κ1) is 14.2. The Morgan fingerprint density at radius 3 is 2.91 bits per heavy atom. The second kappa shape index (κ2) is 5.66. The van der Waals surface area contributed by atoms with E-state index in [1.54, 1.807) is 11.3 Å². The summed E-state index contributed by atoms with van der Waals surface area (Å²) in [5.41, 5.74) is 0.891. The number of aromatic nitrogens is 2. The van der Waals surface area contributed by atoms with Gasteiger partial charge in [0.25, 0.3) is 0 Å². The molecule has 118 valence electrons. The number of likely N-dealkylation sites (N-methyl/N-ethyl adjacent to an activating group) is 1. The standard InChI is InChI=1S/C16H22N4OS/c1-18-6-2-4-13(18)14-5-3-7-20(14)15(21)10-12-11-19-8-9-22-16(19)17-12/h8-9,11,13-14H,2-7,10H2,1H3/t13-,14-/m1/s1.